The summed E-state index contributed by atoms with van der Waals surface area (Å²) in [5.41, 5.74) is 0.558. The van der Waals surface area contributed by atoms with Crippen molar-refractivity contribution in [2.75, 3.05) is 13.2 Å². The number of aryl methyl sites for hydroxylation is 1. The molecule has 4 nitrogen and oxygen atoms in total. The molecule has 0 saturated heterocycles. The molecule has 0 unspecified atom stereocenters. The Morgan fingerprint density at radius 2 is 2.38 bits per heavy atom. The van der Waals surface area contributed by atoms with E-state index in [1.54, 1.807) is 6.07 Å². The van der Waals surface area contributed by atoms with Gasteiger partial charge >= 0.3 is 0 Å². The van der Waals surface area contributed by atoms with Crippen LogP contribution in [0.15, 0.2) is 16.7 Å². The van der Waals surface area contributed by atoms with Crippen LogP contribution in [-0.2, 0) is 6.42 Å². The summed E-state index contributed by atoms with van der Waals surface area (Å²) >= 11 is 0. The Morgan fingerprint density at radius 3 is 2.94 bits per heavy atom. The first kappa shape index (κ1) is 11.2. The van der Waals surface area contributed by atoms with Crippen molar-refractivity contribution in [3.63, 3.8) is 0 Å². The Hall–Kier alpha value is -1.29. The number of nitrogens with one attached hydrogen (secondary N) is 1. The smallest absolute Gasteiger partial charge is 0.254 e. The minimum atomic E-state index is -0.106. The van der Waals surface area contributed by atoms with E-state index < -0.39 is 0 Å². The van der Waals surface area contributed by atoms with Gasteiger partial charge in [0, 0.05) is 18.4 Å². The van der Waals surface area contributed by atoms with Gasteiger partial charge in [-0.3, -0.25) is 4.79 Å². The standard InChI is InChI=1S/C12H17NO3/c1-2-10-9(3-6-16-10)11(15)13-7-12(8-14)4-5-12/h3,6,14H,2,4-5,7-8H2,1H3,(H,13,15). The van der Waals surface area contributed by atoms with Crippen LogP contribution in [0.5, 0.6) is 0 Å². The molecule has 1 amide bonds. The first-order valence-corrected chi connectivity index (χ1v) is 5.66. The molecule has 1 aliphatic rings. The van der Waals surface area contributed by atoms with Crippen molar-refractivity contribution < 1.29 is 14.3 Å². The van der Waals surface area contributed by atoms with Crippen LogP contribution in [0.4, 0.5) is 0 Å². The quantitative estimate of drug-likeness (QED) is 0.792. The van der Waals surface area contributed by atoms with Crippen LogP contribution < -0.4 is 5.32 Å². The van der Waals surface area contributed by atoms with Gasteiger partial charge in [-0.15, -0.1) is 0 Å². The molecule has 2 rings (SSSR count). The van der Waals surface area contributed by atoms with E-state index in [-0.39, 0.29) is 17.9 Å². The van der Waals surface area contributed by atoms with Crippen molar-refractivity contribution in [1.82, 2.24) is 5.32 Å². The molecule has 1 heterocycles. The van der Waals surface area contributed by atoms with Gasteiger partial charge in [0.25, 0.3) is 5.91 Å². The lowest BCUT2D eigenvalue weighted by molar-refractivity contribution is 0.0933. The maximum Gasteiger partial charge on any atom is 0.254 e. The zero-order valence-corrected chi connectivity index (χ0v) is 9.45. The molecule has 1 aliphatic carbocycles. The van der Waals surface area contributed by atoms with Crippen molar-refractivity contribution >= 4 is 5.91 Å². The van der Waals surface area contributed by atoms with Crippen LogP contribution in [0.3, 0.4) is 0 Å². The fourth-order valence-electron chi connectivity index (χ4n) is 1.75. The zero-order chi connectivity index (χ0) is 11.6. The van der Waals surface area contributed by atoms with E-state index in [9.17, 15) is 4.79 Å². The Bertz CT molecular complexity index is 379. The summed E-state index contributed by atoms with van der Waals surface area (Å²) in [5.74, 6) is 0.608. The lowest BCUT2D eigenvalue weighted by Crippen LogP contribution is -2.32. The number of amides is 1. The van der Waals surface area contributed by atoms with E-state index >= 15 is 0 Å². The molecule has 4 heteroatoms. The van der Waals surface area contributed by atoms with Crippen LogP contribution in [0.1, 0.15) is 35.9 Å². The highest BCUT2D eigenvalue weighted by Gasteiger charge is 2.42. The van der Waals surface area contributed by atoms with Gasteiger partial charge in [0.2, 0.25) is 0 Å². The summed E-state index contributed by atoms with van der Waals surface area (Å²) in [7, 11) is 0. The van der Waals surface area contributed by atoms with E-state index in [2.05, 4.69) is 5.32 Å². The molecule has 16 heavy (non-hydrogen) atoms. The number of carbonyl (C=O) groups is 1. The second-order valence-corrected chi connectivity index (χ2v) is 4.45. The molecule has 1 aromatic rings. The second-order valence-electron chi connectivity index (χ2n) is 4.45. The van der Waals surface area contributed by atoms with Crippen LogP contribution in [0, 0.1) is 5.41 Å². The molecule has 1 saturated carbocycles. The molecule has 0 atom stereocenters. The van der Waals surface area contributed by atoms with Gasteiger partial charge in [0.15, 0.2) is 0 Å². The molecule has 1 aromatic heterocycles. The van der Waals surface area contributed by atoms with Gasteiger partial charge in [-0.1, -0.05) is 6.92 Å². The highest BCUT2D eigenvalue weighted by Crippen LogP contribution is 2.44. The predicted octanol–water partition coefficient (Wildman–Crippen LogP) is 1.34. The predicted molar refractivity (Wildman–Crippen MR) is 59.2 cm³/mol. The summed E-state index contributed by atoms with van der Waals surface area (Å²) in [6, 6.07) is 1.69. The Morgan fingerprint density at radius 1 is 1.62 bits per heavy atom. The second kappa shape index (κ2) is 4.29. The fraction of sp³-hybridized carbons (Fsp3) is 0.583. The number of carbonyl (C=O) groups excluding carboxylic acids is 1. The van der Waals surface area contributed by atoms with Crippen LogP contribution >= 0.6 is 0 Å². The minimum absolute atomic E-state index is 0.0498. The van der Waals surface area contributed by atoms with Gasteiger partial charge in [0.1, 0.15) is 5.76 Å². The molecule has 2 N–H and O–H groups in total. The number of rotatable bonds is 5. The molecule has 0 aromatic carbocycles. The summed E-state index contributed by atoms with van der Waals surface area (Å²) in [5, 5.41) is 12.0. The highest BCUT2D eigenvalue weighted by molar-refractivity contribution is 5.95. The molecule has 0 aliphatic heterocycles. The molecular weight excluding hydrogens is 206 g/mol. The molecule has 0 radical (unpaired) electrons. The van der Waals surface area contributed by atoms with Crippen molar-refractivity contribution in [2.45, 2.75) is 26.2 Å². The van der Waals surface area contributed by atoms with Crippen molar-refractivity contribution in [1.29, 1.82) is 0 Å². The third kappa shape index (κ3) is 2.11. The first-order chi connectivity index (χ1) is 7.71. The summed E-state index contributed by atoms with van der Waals surface area (Å²) < 4.78 is 5.20. The average molecular weight is 223 g/mol. The maximum absolute atomic E-state index is 11.8. The number of aliphatic hydroxyl groups excluding tert-OH is 1. The lowest BCUT2D eigenvalue weighted by atomic mass is 10.1. The SMILES string of the molecule is CCc1occc1C(=O)NCC1(CO)CC1. The van der Waals surface area contributed by atoms with E-state index in [1.165, 1.54) is 6.26 Å². The molecule has 88 valence electrons. The van der Waals surface area contributed by atoms with Gasteiger partial charge in [0.05, 0.1) is 18.4 Å². The lowest BCUT2D eigenvalue weighted by Gasteiger charge is -2.12. The summed E-state index contributed by atoms with van der Waals surface area (Å²) in [6.07, 6.45) is 4.24. The maximum atomic E-state index is 11.8. The Labute approximate surface area is 94.6 Å². The molecule has 1 fully saturated rings. The average Bonchev–Trinajstić information content (AvgIpc) is 2.94. The van der Waals surface area contributed by atoms with Crippen LogP contribution in [0.2, 0.25) is 0 Å². The topological polar surface area (TPSA) is 62.5 Å². The number of hydrogen-bond donors (Lipinski definition) is 2. The minimum Gasteiger partial charge on any atom is -0.469 e. The van der Waals surface area contributed by atoms with Gasteiger partial charge in [-0.05, 0) is 18.9 Å². The monoisotopic (exact) mass is 223 g/mol. The van der Waals surface area contributed by atoms with E-state index in [1.807, 2.05) is 6.92 Å². The Kier molecular flexibility index (Phi) is 3.01. The zero-order valence-electron chi connectivity index (χ0n) is 9.45. The van der Waals surface area contributed by atoms with Gasteiger partial charge in [-0.2, -0.15) is 0 Å². The summed E-state index contributed by atoms with van der Waals surface area (Å²) in [4.78, 5) is 11.8. The third-order valence-electron chi connectivity index (χ3n) is 3.23. The number of aliphatic hydroxyl groups is 1. The van der Waals surface area contributed by atoms with Crippen molar-refractivity contribution in [3.8, 4) is 0 Å². The fourth-order valence-corrected chi connectivity index (χ4v) is 1.75. The van der Waals surface area contributed by atoms with Gasteiger partial charge < -0.3 is 14.8 Å². The third-order valence-corrected chi connectivity index (χ3v) is 3.23. The molecule has 0 spiro atoms. The summed E-state index contributed by atoms with van der Waals surface area (Å²) in [6.45, 7) is 2.65. The van der Waals surface area contributed by atoms with Crippen molar-refractivity contribution in [3.05, 3.63) is 23.7 Å². The first-order valence-electron chi connectivity index (χ1n) is 5.66. The molecule has 0 bridgehead atoms. The highest BCUT2D eigenvalue weighted by atomic mass is 16.3. The molecular formula is C12H17NO3. The van der Waals surface area contributed by atoms with Crippen LogP contribution in [0.25, 0.3) is 0 Å². The van der Waals surface area contributed by atoms with Crippen molar-refractivity contribution in [2.24, 2.45) is 5.41 Å². The van der Waals surface area contributed by atoms with Gasteiger partial charge in [-0.25, -0.2) is 0 Å². The normalized spacial score (nSPS) is 17.1. The largest absolute Gasteiger partial charge is 0.469 e. The van der Waals surface area contributed by atoms with E-state index in [0.717, 1.165) is 12.8 Å². The number of hydrogen-bond acceptors (Lipinski definition) is 3. The number of furan rings is 1. The van der Waals surface area contributed by atoms with E-state index in [0.29, 0.717) is 24.3 Å². The Balaban J connectivity index is 1.93. The van der Waals surface area contributed by atoms with E-state index in [4.69, 9.17) is 9.52 Å². The van der Waals surface area contributed by atoms with Crippen LogP contribution in [-0.4, -0.2) is 24.2 Å².